The molecule has 4 rings (SSSR count). The number of benzene rings is 1. The van der Waals surface area contributed by atoms with Gasteiger partial charge in [-0.25, -0.2) is 4.79 Å². The number of carbonyl (C=O) groups is 2. The number of carboxylic acid groups (broad SMARTS) is 1. The molecule has 1 atom stereocenters. The number of amides is 1. The predicted molar refractivity (Wildman–Crippen MR) is 132 cm³/mol. The van der Waals surface area contributed by atoms with Crippen LogP contribution in [0, 0.1) is 18.3 Å². The summed E-state index contributed by atoms with van der Waals surface area (Å²) in [7, 11) is 0. The molecule has 3 heterocycles. The fraction of sp³-hybridized carbons (Fsp3) is 0.704. The Hall–Kier alpha value is -2.33. The van der Waals surface area contributed by atoms with E-state index in [0.717, 1.165) is 65.5 Å². The van der Waals surface area contributed by atoms with Gasteiger partial charge in [-0.15, -0.1) is 0 Å². The average molecular weight is 526 g/mol. The summed E-state index contributed by atoms with van der Waals surface area (Å²) in [5, 5.41) is 9.20. The molecule has 1 N–H and O–H groups in total. The minimum atomic E-state index is -4.55. The van der Waals surface area contributed by atoms with E-state index in [0.29, 0.717) is 25.9 Å². The van der Waals surface area contributed by atoms with Gasteiger partial charge in [0.15, 0.2) is 6.10 Å². The van der Waals surface area contributed by atoms with Gasteiger partial charge in [0.1, 0.15) is 0 Å². The van der Waals surface area contributed by atoms with Crippen LogP contribution in [0.2, 0.25) is 0 Å². The van der Waals surface area contributed by atoms with Crippen LogP contribution in [-0.2, 0) is 22.6 Å². The van der Waals surface area contributed by atoms with Gasteiger partial charge in [-0.05, 0) is 87.7 Å². The number of carboxylic acids is 1. The Balaban J connectivity index is 1.24. The lowest BCUT2D eigenvalue weighted by Gasteiger charge is -2.39. The van der Waals surface area contributed by atoms with Crippen LogP contribution in [0.5, 0.6) is 0 Å². The van der Waals surface area contributed by atoms with Crippen LogP contribution in [0.3, 0.4) is 0 Å². The first kappa shape index (κ1) is 27.7. The highest BCUT2D eigenvalue weighted by atomic mass is 19.4. The summed E-state index contributed by atoms with van der Waals surface area (Å²) in [6, 6.07) is 6.61. The van der Waals surface area contributed by atoms with Crippen molar-refractivity contribution >= 4 is 12.1 Å². The number of hydrogen-bond acceptors (Lipinski definition) is 5. The van der Waals surface area contributed by atoms with Crippen molar-refractivity contribution in [2.45, 2.75) is 71.3 Å². The lowest BCUT2D eigenvalue weighted by molar-refractivity contribution is -0.200. The fourth-order valence-electron chi connectivity index (χ4n) is 5.90. The number of hydrogen-bond donors (Lipinski definition) is 1. The Bertz CT molecular complexity index is 970. The highest BCUT2D eigenvalue weighted by Crippen LogP contribution is 2.41. The smallest absolute Gasteiger partial charge is 0.425 e. The summed E-state index contributed by atoms with van der Waals surface area (Å²) in [5.74, 6) is -0.907. The van der Waals surface area contributed by atoms with Gasteiger partial charge in [0.2, 0.25) is 0 Å². The Kier molecular flexibility index (Phi) is 8.38. The van der Waals surface area contributed by atoms with E-state index in [1.165, 1.54) is 21.6 Å². The van der Waals surface area contributed by atoms with Crippen molar-refractivity contribution in [3.8, 4) is 0 Å². The van der Waals surface area contributed by atoms with Gasteiger partial charge in [0.25, 0.3) is 0 Å². The van der Waals surface area contributed by atoms with Crippen molar-refractivity contribution in [1.82, 2.24) is 14.7 Å². The van der Waals surface area contributed by atoms with Crippen molar-refractivity contribution in [1.29, 1.82) is 0 Å². The zero-order chi connectivity index (χ0) is 26.8. The molecule has 7 nitrogen and oxygen atoms in total. The van der Waals surface area contributed by atoms with E-state index in [4.69, 9.17) is 0 Å². The summed E-state index contributed by atoms with van der Waals surface area (Å²) in [6.45, 7) is 9.04. The molecular weight excluding hydrogens is 487 g/mol. The second kappa shape index (κ2) is 11.2. The maximum absolute atomic E-state index is 12.7. The summed E-state index contributed by atoms with van der Waals surface area (Å²) >= 11 is 0. The van der Waals surface area contributed by atoms with Gasteiger partial charge in [0.05, 0.1) is 5.92 Å². The van der Waals surface area contributed by atoms with E-state index >= 15 is 0 Å². The molecule has 0 aliphatic carbocycles. The number of aryl methyl sites for hydroxylation is 1. The first-order valence-corrected chi connectivity index (χ1v) is 13.2. The van der Waals surface area contributed by atoms with Crippen molar-refractivity contribution < 1.29 is 32.6 Å². The lowest BCUT2D eigenvalue weighted by atomic mass is 9.78. The minimum absolute atomic E-state index is 0.101. The molecule has 206 valence electrons. The van der Waals surface area contributed by atoms with Crippen LogP contribution in [0.4, 0.5) is 18.0 Å². The third-order valence-electron chi connectivity index (χ3n) is 8.48. The molecule has 37 heavy (non-hydrogen) atoms. The Morgan fingerprint density at radius 2 is 1.70 bits per heavy atom. The average Bonchev–Trinajstić information content (AvgIpc) is 3.22. The number of nitrogens with zero attached hydrogens (tertiary/aromatic N) is 3. The molecule has 1 amide bonds. The maximum Gasteiger partial charge on any atom is 0.425 e. The molecule has 3 saturated heterocycles. The first-order valence-electron chi connectivity index (χ1n) is 13.2. The quantitative estimate of drug-likeness (QED) is 0.582. The monoisotopic (exact) mass is 525 g/mol. The molecule has 0 saturated carbocycles. The largest absolute Gasteiger partial charge is 0.481 e. The molecule has 0 bridgehead atoms. The van der Waals surface area contributed by atoms with Crippen molar-refractivity contribution in [2.75, 3.05) is 39.3 Å². The number of ether oxygens (including phenoxy) is 1. The Morgan fingerprint density at radius 3 is 2.30 bits per heavy atom. The second-order valence-corrected chi connectivity index (χ2v) is 11.2. The molecule has 1 aromatic rings. The van der Waals surface area contributed by atoms with Crippen LogP contribution in [-0.4, -0.2) is 83.4 Å². The molecule has 3 fully saturated rings. The zero-order valence-corrected chi connectivity index (χ0v) is 21.7. The Morgan fingerprint density at radius 1 is 1.05 bits per heavy atom. The van der Waals surface area contributed by atoms with Crippen molar-refractivity contribution in [3.05, 3.63) is 34.9 Å². The number of carbonyl (C=O) groups excluding carboxylic acids is 1. The van der Waals surface area contributed by atoms with E-state index < -0.39 is 24.3 Å². The number of likely N-dealkylation sites (tertiary alicyclic amines) is 3. The molecule has 3 aliphatic rings. The van der Waals surface area contributed by atoms with E-state index in [1.807, 2.05) is 0 Å². The summed E-state index contributed by atoms with van der Waals surface area (Å²) in [6.07, 6.45) is -3.55. The molecule has 0 aromatic heterocycles. The predicted octanol–water partition coefficient (Wildman–Crippen LogP) is 4.67. The first-order chi connectivity index (χ1) is 17.4. The van der Waals surface area contributed by atoms with Gasteiger partial charge in [-0.1, -0.05) is 18.2 Å². The SMILES string of the molecule is Cc1cc(CN2CCC3(CCN(C(=O)OC(C)C(F)(F)F)CC3)C2)ccc1CN1CCC(C(=O)O)CC1. The molecule has 1 spiro atoms. The van der Waals surface area contributed by atoms with Gasteiger partial charge in [-0.3, -0.25) is 14.6 Å². The molecule has 0 radical (unpaired) electrons. The van der Waals surface area contributed by atoms with Crippen LogP contribution < -0.4 is 0 Å². The lowest BCUT2D eigenvalue weighted by Crippen LogP contribution is -2.46. The molecule has 1 aromatic carbocycles. The summed E-state index contributed by atoms with van der Waals surface area (Å²) < 4.78 is 42.7. The highest BCUT2D eigenvalue weighted by Gasteiger charge is 2.43. The van der Waals surface area contributed by atoms with Crippen LogP contribution in [0.1, 0.15) is 55.7 Å². The molecule has 10 heteroatoms. The van der Waals surface area contributed by atoms with Crippen molar-refractivity contribution in [2.24, 2.45) is 11.3 Å². The number of halogens is 3. The van der Waals surface area contributed by atoms with E-state index in [2.05, 4.69) is 39.7 Å². The molecular formula is C27H38F3N3O4. The summed E-state index contributed by atoms with van der Waals surface area (Å²) in [4.78, 5) is 29.5. The molecule has 3 aliphatic heterocycles. The van der Waals surface area contributed by atoms with Gasteiger partial charge >= 0.3 is 18.2 Å². The third kappa shape index (κ3) is 6.96. The van der Waals surface area contributed by atoms with Gasteiger partial charge in [-0.2, -0.15) is 13.2 Å². The van der Waals surface area contributed by atoms with Gasteiger partial charge in [0, 0.05) is 32.7 Å². The maximum atomic E-state index is 12.7. The Labute approximate surface area is 216 Å². The standard InChI is InChI=1S/C27H38F3N3O4/c1-19-15-21(3-4-23(19)17-31-10-5-22(6-11-31)24(34)35)16-32-12-7-26(18-32)8-13-33(14-9-26)25(36)37-20(2)27(28,29)30/h3-4,15,20,22H,5-14,16-18H2,1-2H3,(H,34,35). The minimum Gasteiger partial charge on any atom is -0.481 e. The van der Waals surface area contributed by atoms with Crippen molar-refractivity contribution in [3.63, 3.8) is 0 Å². The highest BCUT2D eigenvalue weighted by molar-refractivity contribution is 5.70. The second-order valence-electron chi connectivity index (χ2n) is 11.2. The number of piperidine rings is 2. The normalized spacial score (nSPS) is 22.4. The summed E-state index contributed by atoms with van der Waals surface area (Å²) in [5.41, 5.74) is 3.87. The van der Waals surface area contributed by atoms with Crippen LogP contribution >= 0.6 is 0 Å². The van der Waals surface area contributed by atoms with E-state index in [-0.39, 0.29) is 11.3 Å². The van der Waals surface area contributed by atoms with Crippen LogP contribution in [0.15, 0.2) is 18.2 Å². The van der Waals surface area contributed by atoms with Gasteiger partial charge < -0.3 is 14.7 Å². The third-order valence-corrected chi connectivity index (χ3v) is 8.48. The van der Waals surface area contributed by atoms with E-state index in [9.17, 15) is 27.9 Å². The number of aliphatic carboxylic acids is 1. The van der Waals surface area contributed by atoms with E-state index in [1.54, 1.807) is 0 Å². The number of alkyl halides is 3. The molecule has 1 unspecified atom stereocenters. The van der Waals surface area contributed by atoms with Crippen LogP contribution in [0.25, 0.3) is 0 Å². The number of rotatable bonds is 6. The topological polar surface area (TPSA) is 73.3 Å². The zero-order valence-electron chi connectivity index (χ0n) is 21.7. The fourth-order valence-corrected chi connectivity index (χ4v) is 5.90.